The van der Waals surface area contributed by atoms with Crippen molar-refractivity contribution in [2.24, 2.45) is 0 Å². The average Bonchev–Trinajstić information content (AvgIpc) is 2.49. The van der Waals surface area contributed by atoms with E-state index in [4.69, 9.17) is 6.57 Å². The first-order valence-electron chi connectivity index (χ1n) is 4.77. The van der Waals surface area contributed by atoms with Crippen molar-refractivity contribution < 1.29 is 0 Å². The summed E-state index contributed by atoms with van der Waals surface area (Å²) >= 11 is 0. The van der Waals surface area contributed by atoms with Crippen LogP contribution in [0, 0.1) is 20.4 Å². The monoisotopic (exact) mass is 187 g/mol. The Morgan fingerprint density at radius 2 is 2.14 bits per heavy atom. The van der Waals surface area contributed by atoms with Crippen LogP contribution in [0.2, 0.25) is 0 Å². The van der Waals surface area contributed by atoms with Crippen LogP contribution in [0.15, 0.2) is 0 Å². The molecule has 1 unspecified atom stereocenters. The molecule has 0 spiro atoms. The first-order valence-corrected chi connectivity index (χ1v) is 4.77. The topological polar surface area (TPSA) is 29.3 Å². The van der Waals surface area contributed by atoms with E-state index < -0.39 is 0 Å². The van der Waals surface area contributed by atoms with Gasteiger partial charge in [0.2, 0.25) is 5.69 Å². The number of aryl methyl sites for hydroxylation is 2. The summed E-state index contributed by atoms with van der Waals surface area (Å²) in [6.07, 6.45) is 0. The largest absolute Gasteiger partial charge is 0.393 e. The Morgan fingerprint density at radius 3 is 2.79 bits per heavy atom. The summed E-state index contributed by atoms with van der Waals surface area (Å²) in [6.45, 7) is 14.1. The number of nitrogens with zero attached hydrogens (tertiary/aromatic N) is 2. The minimum absolute atomic E-state index is 0.471. The highest BCUT2D eigenvalue weighted by atomic mass is 15.0. The van der Waals surface area contributed by atoms with Gasteiger partial charge in [-0.2, -0.15) is 0 Å². The Morgan fingerprint density at radius 1 is 1.43 bits per heavy atom. The van der Waals surface area contributed by atoms with Crippen LogP contribution >= 0.6 is 0 Å². The zero-order chi connectivity index (χ0) is 10.3. The molecule has 0 bridgehead atoms. The van der Waals surface area contributed by atoms with Crippen LogP contribution in [0.3, 0.4) is 0 Å². The zero-order valence-corrected chi connectivity index (χ0v) is 8.68. The van der Waals surface area contributed by atoms with Crippen LogP contribution in [0.5, 0.6) is 0 Å². The molecule has 1 atom stereocenters. The molecule has 72 valence electrons. The van der Waals surface area contributed by atoms with E-state index >= 15 is 0 Å². The van der Waals surface area contributed by atoms with Gasteiger partial charge < -0.3 is 5.32 Å². The molecule has 0 saturated carbocycles. The van der Waals surface area contributed by atoms with Crippen molar-refractivity contribution in [3.05, 3.63) is 28.4 Å². The third kappa shape index (κ3) is 1.07. The fraction of sp³-hybridized carbons (Fsp3) is 0.455. The molecule has 1 aromatic heterocycles. The highest BCUT2D eigenvalue weighted by molar-refractivity contribution is 5.78. The van der Waals surface area contributed by atoms with Crippen molar-refractivity contribution in [2.75, 3.05) is 11.9 Å². The maximum absolute atomic E-state index is 7.13. The average molecular weight is 187 g/mol. The molecule has 2 rings (SSSR count). The summed E-state index contributed by atoms with van der Waals surface area (Å²) < 4.78 is 0. The Balaban J connectivity index is 2.74. The van der Waals surface area contributed by atoms with Crippen LogP contribution in [-0.4, -0.2) is 11.5 Å². The standard InChI is InChI=1S/C11H13N3/c1-6-5-13-11-9(6)7(2)14-8(3)10(11)12-4/h6,13H,5H2,1-3H3. The molecule has 0 fully saturated rings. The predicted octanol–water partition coefficient (Wildman–Crippen LogP) is 2.78. The van der Waals surface area contributed by atoms with Gasteiger partial charge in [0.25, 0.3) is 0 Å². The summed E-state index contributed by atoms with van der Waals surface area (Å²) in [4.78, 5) is 7.95. The normalized spacial score (nSPS) is 18.6. The van der Waals surface area contributed by atoms with Gasteiger partial charge in [0.15, 0.2) is 0 Å². The first-order chi connectivity index (χ1) is 6.65. The van der Waals surface area contributed by atoms with Crippen LogP contribution in [-0.2, 0) is 0 Å². The van der Waals surface area contributed by atoms with Gasteiger partial charge in [-0.3, -0.25) is 4.98 Å². The number of hydrogen-bond acceptors (Lipinski definition) is 2. The molecule has 14 heavy (non-hydrogen) atoms. The van der Waals surface area contributed by atoms with Crippen LogP contribution in [0.1, 0.15) is 29.8 Å². The predicted molar refractivity (Wildman–Crippen MR) is 56.9 cm³/mol. The summed E-state index contributed by atoms with van der Waals surface area (Å²) in [5.74, 6) is 0.471. The number of hydrogen-bond donors (Lipinski definition) is 1. The fourth-order valence-corrected chi connectivity index (χ4v) is 2.13. The molecule has 3 nitrogen and oxygen atoms in total. The number of rotatable bonds is 0. The van der Waals surface area contributed by atoms with Gasteiger partial charge in [-0.1, -0.05) is 6.92 Å². The van der Waals surface area contributed by atoms with Gasteiger partial charge in [0.05, 0.1) is 6.57 Å². The van der Waals surface area contributed by atoms with Crippen LogP contribution < -0.4 is 5.32 Å². The van der Waals surface area contributed by atoms with E-state index in [1.807, 2.05) is 13.8 Å². The maximum atomic E-state index is 7.13. The van der Waals surface area contributed by atoms with E-state index in [1.165, 1.54) is 5.56 Å². The first kappa shape index (κ1) is 9.01. The second kappa shape index (κ2) is 2.98. The van der Waals surface area contributed by atoms with Crippen molar-refractivity contribution in [2.45, 2.75) is 26.7 Å². The lowest BCUT2D eigenvalue weighted by Gasteiger charge is -2.09. The Kier molecular flexibility index (Phi) is 1.92. The van der Waals surface area contributed by atoms with Crippen molar-refractivity contribution >= 4 is 11.4 Å². The van der Waals surface area contributed by atoms with Gasteiger partial charge in [-0.05, 0) is 19.4 Å². The Bertz CT molecular complexity index is 429. The van der Waals surface area contributed by atoms with Crippen molar-refractivity contribution in [3.8, 4) is 0 Å². The molecule has 0 aliphatic carbocycles. The number of nitrogens with one attached hydrogen (secondary N) is 1. The molecule has 0 radical (unpaired) electrons. The lowest BCUT2D eigenvalue weighted by Crippen LogP contribution is -1.97. The van der Waals surface area contributed by atoms with Gasteiger partial charge in [0.1, 0.15) is 0 Å². The second-order valence-electron chi connectivity index (χ2n) is 3.81. The second-order valence-corrected chi connectivity index (χ2v) is 3.81. The quantitative estimate of drug-likeness (QED) is 0.633. The molecular weight excluding hydrogens is 174 g/mol. The summed E-state index contributed by atoms with van der Waals surface area (Å²) in [5.41, 5.74) is 4.81. The number of fused-ring (bicyclic) bond motifs is 1. The minimum Gasteiger partial charge on any atom is -0.393 e. The van der Waals surface area contributed by atoms with Gasteiger partial charge >= 0.3 is 0 Å². The smallest absolute Gasteiger partial charge is 0.230 e. The maximum Gasteiger partial charge on any atom is 0.230 e. The number of aromatic nitrogens is 1. The van der Waals surface area contributed by atoms with Crippen LogP contribution in [0.4, 0.5) is 11.4 Å². The molecule has 2 heterocycles. The molecule has 1 aliphatic rings. The van der Waals surface area contributed by atoms with Gasteiger partial charge in [-0.25, -0.2) is 4.85 Å². The summed E-state index contributed by atoms with van der Waals surface area (Å²) in [5, 5.41) is 3.30. The van der Waals surface area contributed by atoms with Gasteiger partial charge in [0, 0.05) is 29.5 Å². The number of pyridine rings is 1. The van der Waals surface area contributed by atoms with E-state index in [0.717, 1.165) is 23.6 Å². The van der Waals surface area contributed by atoms with Crippen LogP contribution in [0.25, 0.3) is 4.85 Å². The van der Waals surface area contributed by atoms with Crippen molar-refractivity contribution in [3.63, 3.8) is 0 Å². The highest BCUT2D eigenvalue weighted by Crippen LogP contribution is 2.41. The molecule has 1 aliphatic heterocycles. The molecule has 1 aromatic rings. The lowest BCUT2D eigenvalue weighted by molar-refractivity contribution is 0.837. The summed E-state index contributed by atoms with van der Waals surface area (Å²) in [7, 11) is 0. The molecule has 0 amide bonds. The Labute approximate surface area is 84.0 Å². The third-order valence-corrected chi connectivity index (χ3v) is 2.76. The van der Waals surface area contributed by atoms with E-state index in [0.29, 0.717) is 11.6 Å². The zero-order valence-electron chi connectivity index (χ0n) is 8.68. The molecule has 3 heteroatoms. The number of anilines is 1. The lowest BCUT2D eigenvalue weighted by atomic mass is 10.0. The molecule has 1 N–H and O–H groups in total. The molecule has 0 saturated heterocycles. The SMILES string of the molecule is [C-]#[N+]c1c(C)nc(C)c2c1NCC2C. The van der Waals surface area contributed by atoms with Crippen molar-refractivity contribution in [1.29, 1.82) is 0 Å². The molecular formula is C11H13N3. The van der Waals surface area contributed by atoms with E-state index in [-0.39, 0.29) is 0 Å². The highest BCUT2D eigenvalue weighted by Gasteiger charge is 2.25. The van der Waals surface area contributed by atoms with E-state index in [2.05, 4.69) is 22.1 Å². The summed E-state index contributed by atoms with van der Waals surface area (Å²) in [6, 6.07) is 0. The molecule has 0 aromatic carbocycles. The van der Waals surface area contributed by atoms with Gasteiger partial charge in [-0.15, -0.1) is 0 Å². The van der Waals surface area contributed by atoms with E-state index in [9.17, 15) is 0 Å². The third-order valence-electron chi connectivity index (χ3n) is 2.76. The van der Waals surface area contributed by atoms with Crippen molar-refractivity contribution in [1.82, 2.24) is 4.98 Å². The minimum atomic E-state index is 0.471. The van der Waals surface area contributed by atoms with E-state index in [1.54, 1.807) is 0 Å². The Hall–Kier alpha value is -1.56. The fourth-order valence-electron chi connectivity index (χ4n) is 2.13.